The zero-order valence-corrected chi connectivity index (χ0v) is 17.9. The molecule has 162 valence electrons. The Morgan fingerprint density at radius 3 is 2.58 bits per heavy atom. The number of carbonyl (C=O) groups is 2. The molecule has 1 aliphatic heterocycles. The zero-order chi connectivity index (χ0) is 22.0. The highest BCUT2D eigenvalue weighted by atomic mass is 32.2. The Hall–Kier alpha value is -3.08. The van der Waals surface area contributed by atoms with Crippen molar-refractivity contribution in [3.63, 3.8) is 0 Å². The molecule has 2 N–H and O–H groups in total. The molecule has 1 fully saturated rings. The van der Waals surface area contributed by atoms with Gasteiger partial charge in [0, 0.05) is 49.5 Å². The summed E-state index contributed by atoms with van der Waals surface area (Å²) in [7, 11) is -3.66. The van der Waals surface area contributed by atoms with Gasteiger partial charge in [-0.15, -0.1) is 0 Å². The number of para-hydroxylation sites is 1. The number of hydrogen-bond donors (Lipinski definition) is 2. The molecular formula is C21H23N5O4S. The molecule has 1 saturated heterocycles. The largest absolute Gasteiger partial charge is 0.345 e. The van der Waals surface area contributed by atoms with Crippen LogP contribution in [0.5, 0.6) is 0 Å². The lowest BCUT2D eigenvalue weighted by atomic mass is 10.1. The molecule has 31 heavy (non-hydrogen) atoms. The van der Waals surface area contributed by atoms with E-state index in [9.17, 15) is 18.0 Å². The van der Waals surface area contributed by atoms with E-state index in [-0.39, 0.29) is 36.2 Å². The first kappa shape index (κ1) is 21.2. The number of rotatable bonds is 6. The molecule has 1 aromatic carbocycles. The molecule has 4 rings (SSSR count). The summed E-state index contributed by atoms with van der Waals surface area (Å²) in [6, 6.07) is 10.3. The summed E-state index contributed by atoms with van der Waals surface area (Å²) < 4.78 is 27.6. The standard InChI is InChI=1S/C21H23N5O4S/c1-15(27)16-5-2-3-7-18(16)24-20(28)14-25-9-11-26(12-10-25)31(29,30)19-13-23-21-17(19)6-4-8-22-21/h2-8,13H,9-12,14H2,1H3,(H,22,23)(H,24,28). The number of sulfonamides is 1. The van der Waals surface area contributed by atoms with Crippen molar-refractivity contribution in [3.8, 4) is 0 Å². The number of fused-ring (bicyclic) bond motifs is 1. The first-order chi connectivity index (χ1) is 14.9. The summed E-state index contributed by atoms with van der Waals surface area (Å²) in [5, 5.41) is 3.34. The van der Waals surface area contributed by atoms with Gasteiger partial charge in [0.05, 0.1) is 12.2 Å². The molecule has 0 bridgehead atoms. The number of aromatic amines is 1. The van der Waals surface area contributed by atoms with Crippen LogP contribution in [0.25, 0.3) is 11.0 Å². The lowest BCUT2D eigenvalue weighted by Crippen LogP contribution is -2.50. The van der Waals surface area contributed by atoms with Crippen molar-refractivity contribution in [3.05, 3.63) is 54.4 Å². The van der Waals surface area contributed by atoms with E-state index < -0.39 is 10.0 Å². The van der Waals surface area contributed by atoms with Crippen molar-refractivity contribution in [2.75, 3.05) is 38.0 Å². The van der Waals surface area contributed by atoms with Gasteiger partial charge in [0.1, 0.15) is 10.5 Å². The fraction of sp³-hybridized carbons (Fsp3) is 0.286. The van der Waals surface area contributed by atoms with Crippen LogP contribution in [-0.4, -0.2) is 72.0 Å². The third kappa shape index (κ3) is 4.36. The molecule has 0 unspecified atom stereocenters. The third-order valence-electron chi connectivity index (χ3n) is 5.31. The number of hydrogen-bond acceptors (Lipinski definition) is 6. The maximum Gasteiger partial charge on any atom is 0.245 e. The van der Waals surface area contributed by atoms with Gasteiger partial charge < -0.3 is 10.3 Å². The van der Waals surface area contributed by atoms with Crippen LogP contribution < -0.4 is 5.32 Å². The minimum absolute atomic E-state index is 0.122. The monoisotopic (exact) mass is 441 g/mol. The molecule has 0 spiro atoms. The van der Waals surface area contributed by atoms with E-state index in [4.69, 9.17) is 0 Å². The number of amides is 1. The van der Waals surface area contributed by atoms with Gasteiger partial charge in [0.2, 0.25) is 15.9 Å². The normalized spacial score (nSPS) is 15.8. The molecular weight excluding hydrogens is 418 g/mol. The molecule has 2 aromatic heterocycles. The number of H-pyrrole nitrogens is 1. The smallest absolute Gasteiger partial charge is 0.245 e. The summed E-state index contributed by atoms with van der Waals surface area (Å²) >= 11 is 0. The Bertz CT molecular complexity index is 1230. The Kier molecular flexibility index (Phi) is 5.86. The van der Waals surface area contributed by atoms with E-state index in [2.05, 4.69) is 15.3 Å². The van der Waals surface area contributed by atoms with Crippen molar-refractivity contribution in [1.82, 2.24) is 19.2 Å². The van der Waals surface area contributed by atoms with Crippen molar-refractivity contribution >= 4 is 38.4 Å². The number of nitrogens with one attached hydrogen (secondary N) is 2. The summed E-state index contributed by atoms with van der Waals surface area (Å²) in [4.78, 5) is 33.3. The van der Waals surface area contributed by atoms with Crippen LogP contribution in [-0.2, 0) is 14.8 Å². The summed E-state index contributed by atoms with van der Waals surface area (Å²) in [5.41, 5.74) is 1.47. The molecule has 1 amide bonds. The van der Waals surface area contributed by atoms with E-state index in [1.54, 1.807) is 42.6 Å². The highest BCUT2D eigenvalue weighted by Gasteiger charge is 2.31. The fourth-order valence-electron chi connectivity index (χ4n) is 3.70. The number of carbonyl (C=O) groups excluding carboxylic acids is 2. The van der Waals surface area contributed by atoms with Crippen LogP contribution >= 0.6 is 0 Å². The van der Waals surface area contributed by atoms with E-state index in [0.29, 0.717) is 35.4 Å². The highest BCUT2D eigenvalue weighted by molar-refractivity contribution is 7.89. The van der Waals surface area contributed by atoms with Gasteiger partial charge in [0.15, 0.2) is 5.78 Å². The van der Waals surface area contributed by atoms with Crippen LogP contribution in [0, 0.1) is 0 Å². The first-order valence-corrected chi connectivity index (χ1v) is 11.3. The summed E-state index contributed by atoms with van der Waals surface area (Å²) in [5.74, 6) is -0.366. The first-order valence-electron chi connectivity index (χ1n) is 9.90. The van der Waals surface area contributed by atoms with Gasteiger partial charge in [-0.25, -0.2) is 13.4 Å². The second-order valence-electron chi connectivity index (χ2n) is 7.38. The maximum absolute atomic E-state index is 13.1. The van der Waals surface area contributed by atoms with Crippen molar-refractivity contribution in [2.45, 2.75) is 11.8 Å². The molecule has 0 aliphatic carbocycles. The number of benzene rings is 1. The van der Waals surface area contributed by atoms with E-state index in [1.165, 1.54) is 17.4 Å². The van der Waals surface area contributed by atoms with Crippen LogP contribution in [0.1, 0.15) is 17.3 Å². The molecule has 1 aliphatic rings. The van der Waals surface area contributed by atoms with Crippen LogP contribution in [0.2, 0.25) is 0 Å². The predicted octanol–water partition coefficient (Wildman–Crippen LogP) is 1.71. The second-order valence-corrected chi connectivity index (χ2v) is 9.29. The summed E-state index contributed by atoms with van der Waals surface area (Å²) in [6.45, 7) is 3.01. The lowest BCUT2D eigenvalue weighted by Gasteiger charge is -2.33. The number of nitrogens with zero attached hydrogens (tertiary/aromatic N) is 3. The predicted molar refractivity (Wildman–Crippen MR) is 116 cm³/mol. The molecule has 3 heterocycles. The van der Waals surface area contributed by atoms with Crippen molar-refractivity contribution in [1.29, 1.82) is 0 Å². The zero-order valence-electron chi connectivity index (χ0n) is 17.0. The number of ketones is 1. The van der Waals surface area contributed by atoms with E-state index in [0.717, 1.165) is 0 Å². The maximum atomic E-state index is 13.1. The van der Waals surface area contributed by atoms with E-state index in [1.807, 2.05) is 4.90 Å². The number of Topliss-reactive ketones (excluding diaryl/α,β-unsaturated/α-hetero) is 1. The topological polar surface area (TPSA) is 115 Å². The van der Waals surface area contributed by atoms with Crippen molar-refractivity contribution in [2.24, 2.45) is 0 Å². The van der Waals surface area contributed by atoms with Gasteiger partial charge >= 0.3 is 0 Å². The Morgan fingerprint density at radius 1 is 1.10 bits per heavy atom. The van der Waals surface area contributed by atoms with E-state index >= 15 is 0 Å². The molecule has 3 aromatic rings. The fourth-order valence-corrected chi connectivity index (χ4v) is 5.28. The minimum atomic E-state index is -3.66. The van der Waals surface area contributed by atoms with Gasteiger partial charge in [-0.05, 0) is 31.2 Å². The molecule has 10 heteroatoms. The van der Waals surface area contributed by atoms with Crippen LogP contribution in [0.4, 0.5) is 5.69 Å². The van der Waals surface area contributed by atoms with Gasteiger partial charge in [-0.2, -0.15) is 4.31 Å². The molecule has 0 atom stereocenters. The SMILES string of the molecule is CC(=O)c1ccccc1NC(=O)CN1CCN(S(=O)(=O)c2c[nH]c3ncccc23)CC1. The van der Waals surface area contributed by atoms with Crippen LogP contribution in [0.15, 0.2) is 53.7 Å². The van der Waals surface area contributed by atoms with Gasteiger partial charge in [-0.1, -0.05) is 12.1 Å². The number of anilines is 1. The Morgan fingerprint density at radius 2 is 1.84 bits per heavy atom. The Labute approximate surface area is 180 Å². The van der Waals surface area contributed by atoms with Crippen LogP contribution in [0.3, 0.4) is 0 Å². The number of aromatic nitrogens is 2. The number of pyridine rings is 1. The molecule has 9 nitrogen and oxygen atoms in total. The highest BCUT2D eigenvalue weighted by Crippen LogP contribution is 2.25. The van der Waals surface area contributed by atoms with Gasteiger partial charge in [0.25, 0.3) is 0 Å². The molecule has 0 radical (unpaired) electrons. The minimum Gasteiger partial charge on any atom is -0.345 e. The lowest BCUT2D eigenvalue weighted by molar-refractivity contribution is -0.117. The number of piperazine rings is 1. The van der Waals surface area contributed by atoms with Crippen molar-refractivity contribution < 1.29 is 18.0 Å². The quantitative estimate of drug-likeness (QED) is 0.563. The molecule has 0 saturated carbocycles. The van der Waals surface area contributed by atoms with Gasteiger partial charge in [-0.3, -0.25) is 14.5 Å². The Balaban J connectivity index is 1.38. The summed E-state index contributed by atoms with van der Waals surface area (Å²) in [6.07, 6.45) is 3.08. The average molecular weight is 442 g/mol. The average Bonchev–Trinajstić information content (AvgIpc) is 3.19. The second kappa shape index (κ2) is 8.58. The third-order valence-corrected chi connectivity index (χ3v) is 7.25.